The van der Waals surface area contributed by atoms with Crippen molar-refractivity contribution < 1.29 is 12.8 Å². The SMILES string of the molecule is O=S(=O)(Nc1ccc2nc(C3CCC3)[nH]c2c1)c1ccccc1F. The molecular formula is C17H16FN3O2S. The summed E-state index contributed by atoms with van der Waals surface area (Å²) in [6.45, 7) is 0. The van der Waals surface area contributed by atoms with E-state index in [-0.39, 0.29) is 4.90 Å². The maximum atomic E-state index is 13.7. The van der Waals surface area contributed by atoms with E-state index in [1.54, 1.807) is 18.2 Å². The Kier molecular flexibility index (Phi) is 3.53. The van der Waals surface area contributed by atoms with Crippen molar-refractivity contribution >= 4 is 26.7 Å². The third-order valence-electron chi connectivity index (χ3n) is 4.37. The molecule has 1 aromatic heterocycles. The molecule has 2 N–H and O–H groups in total. The Hall–Kier alpha value is -2.41. The number of hydrogen-bond acceptors (Lipinski definition) is 3. The van der Waals surface area contributed by atoms with Gasteiger partial charge in [0.2, 0.25) is 0 Å². The third-order valence-corrected chi connectivity index (χ3v) is 5.78. The molecule has 3 aromatic rings. The molecule has 4 rings (SSSR count). The maximum Gasteiger partial charge on any atom is 0.264 e. The van der Waals surface area contributed by atoms with Gasteiger partial charge in [-0.2, -0.15) is 0 Å². The molecule has 7 heteroatoms. The van der Waals surface area contributed by atoms with Gasteiger partial charge >= 0.3 is 0 Å². The van der Waals surface area contributed by atoms with Crippen LogP contribution in [0.3, 0.4) is 0 Å². The molecule has 1 aliphatic carbocycles. The number of aromatic nitrogens is 2. The second kappa shape index (κ2) is 5.59. The first-order valence-corrected chi connectivity index (χ1v) is 9.28. The van der Waals surface area contributed by atoms with Crippen molar-refractivity contribution in [3.63, 3.8) is 0 Å². The minimum atomic E-state index is -3.97. The van der Waals surface area contributed by atoms with Crippen LogP contribution in [0.15, 0.2) is 47.4 Å². The van der Waals surface area contributed by atoms with Crippen LogP contribution in [0.25, 0.3) is 11.0 Å². The van der Waals surface area contributed by atoms with Gasteiger partial charge in [-0.05, 0) is 43.2 Å². The van der Waals surface area contributed by atoms with Gasteiger partial charge in [0.1, 0.15) is 16.5 Å². The topological polar surface area (TPSA) is 74.8 Å². The van der Waals surface area contributed by atoms with Gasteiger partial charge in [0.05, 0.1) is 16.7 Å². The van der Waals surface area contributed by atoms with E-state index < -0.39 is 15.8 Å². The van der Waals surface area contributed by atoms with Crippen LogP contribution in [-0.2, 0) is 10.0 Å². The fourth-order valence-electron chi connectivity index (χ4n) is 2.84. The fourth-order valence-corrected chi connectivity index (χ4v) is 3.97. The Morgan fingerprint density at radius 3 is 2.67 bits per heavy atom. The Bertz CT molecular complexity index is 1010. The van der Waals surface area contributed by atoms with Crippen LogP contribution in [0.1, 0.15) is 31.0 Å². The summed E-state index contributed by atoms with van der Waals surface area (Å²) in [5.41, 5.74) is 1.94. The van der Waals surface area contributed by atoms with Gasteiger partial charge < -0.3 is 4.98 Å². The molecule has 0 bridgehead atoms. The normalized spacial score (nSPS) is 15.4. The van der Waals surface area contributed by atoms with Crippen molar-refractivity contribution in [2.45, 2.75) is 30.1 Å². The van der Waals surface area contributed by atoms with E-state index in [4.69, 9.17) is 0 Å². The van der Waals surface area contributed by atoms with Crippen molar-refractivity contribution in [1.82, 2.24) is 9.97 Å². The smallest absolute Gasteiger partial charge is 0.264 e. The van der Waals surface area contributed by atoms with Gasteiger partial charge in [-0.15, -0.1) is 0 Å². The molecule has 1 saturated carbocycles. The molecule has 5 nitrogen and oxygen atoms in total. The number of rotatable bonds is 4. The quantitative estimate of drug-likeness (QED) is 0.756. The van der Waals surface area contributed by atoms with Gasteiger partial charge in [-0.1, -0.05) is 18.6 Å². The number of imidazole rings is 1. The van der Waals surface area contributed by atoms with E-state index in [1.807, 2.05) is 0 Å². The average Bonchev–Trinajstić information content (AvgIpc) is 2.87. The summed E-state index contributed by atoms with van der Waals surface area (Å²) in [7, 11) is -3.97. The number of nitrogens with one attached hydrogen (secondary N) is 2. The monoisotopic (exact) mass is 345 g/mol. The lowest BCUT2D eigenvalue weighted by atomic mass is 9.85. The van der Waals surface area contributed by atoms with Gasteiger partial charge in [0, 0.05) is 5.92 Å². The number of aromatic amines is 1. The molecule has 1 heterocycles. The van der Waals surface area contributed by atoms with E-state index >= 15 is 0 Å². The molecule has 2 aromatic carbocycles. The molecule has 0 atom stereocenters. The first-order valence-electron chi connectivity index (χ1n) is 7.80. The fraction of sp³-hybridized carbons (Fsp3) is 0.235. The molecule has 0 aliphatic heterocycles. The van der Waals surface area contributed by atoms with E-state index in [9.17, 15) is 12.8 Å². The molecule has 0 spiro atoms. The van der Waals surface area contributed by atoms with Gasteiger partial charge in [-0.3, -0.25) is 4.72 Å². The van der Waals surface area contributed by atoms with Crippen molar-refractivity contribution in [3.8, 4) is 0 Å². The number of H-pyrrole nitrogens is 1. The summed E-state index contributed by atoms with van der Waals surface area (Å²) in [6, 6.07) is 10.4. The number of sulfonamides is 1. The Balaban J connectivity index is 1.65. The van der Waals surface area contributed by atoms with E-state index in [2.05, 4.69) is 14.7 Å². The van der Waals surface area contributed by atoms with Crippen molar-refractivity contribution in [3.05, 3.63) is 54.1 Å². The zero-order valence-corrected chi connectivity index (χ0v) is 13.6. The van der Waals surface area contributed by atoms with Crippen LogP contribution in [-0.4, -0.2) is 18.4 Å². The Labute approximate surface area is 139 Å². The van der Waals surface area contributed by atoms with Crippen molar-refractivity contribution in [2.24, 2.45) is 0 Å². The first kappa shape index (κ1) is 15.1. The summed E-state index contributed by atoms with van der Waals surface area (Å²) in [5.74, 6) is 0.640. The minimum absolute atomic E-state index is 0.370. The van der Waals surface area contributed by atoms with Crippen LogP contribution in [0.5, 0.6) is 0 Å². The predicted octanol–water partition coefficient (Wildman–Crippen LogP) is 3.77. The number of benzene rings is 2. The van der Waals surface area contributed by atoms with Gasteiger partial charge in [0.15, 0.2) is 0 Å². The summed E-state index contributed by atoms with van der Waals surface area (Å²) < 4.78 is 40.9. The number of halogens is 1. The van der Waals surface area contributed by atoms with Gasteiger partial charge in [0.25, 0.3) is 10.0 Å². The molecule has 1 fully saturated rings. The molecule has 1 aliphatic rings. The molecule has 0 unspecified atom stereocenters. The lowest BCUT2D eigenvalue weighted by Crippen LogP contribution is -2.14. The van der Waals surface area contributed by atoms with E-state index in [0.29, 0.717) is 11.6 Å². The second-order valence-corrected chi connectivity index (χ2v) is 7.67. The summed E-state index contributed by atoms with van der Waals surface area (Å²) in [6.07, 6.45) is 3.48. The second-order valence-electron chi connectivity index (χ2n) is 6.02. The van der Waals surface area contributed by atoms with E-state index in [1.165, 1.54) is 24.6 Å². The number of nitrogens with zero attached hydrogens (tertiary/aromatic N) is 1. The largest absolute Gasteiger partial charge is 0.342 e. The molecule has 0 amide bonds. The molecular weight excluding hydrogens is 329 g/mol. The number of fused-ring (bicyclic) bond motifs is 1. The molecule has 0 radical (unpaired) electrons. The van der Waals surface area contributed by atoms with Crippen molar-refractivity contribution in [1.29, 1.82) is 0 Å². The van der Waals surface area contributed by atoms with Crippen molar-refractivity contribution in [2.75, 3.05) is 4.72 Å². The lowest BCUT2D eigenvalue weighted by Gasteiger charge is -2.22. The Morgan fingerprint density at radius 2 is 1.96 bits per heavy atom. The highest BCUT2D eigenvalue weighted by molar-refractivity contribution is 7.92. The highest BCUT2D eigenvalue weighted by Gasteiger charge is 2.23. The average molecular weight is 345 g/mol. The van der Waals surface area contributed by atoms with Crippen LogP contribution >= 0.6 is 0 Å². The minimum Gasteiger partial charge on any atom is -0.342 e. The number of hydrogen-bond donors (Lipinski definition) is 2. The predicted molar refractivity (Wildman–Crippen MR) is 89.9 cm³/mol. The van der Waals surface area contributed by atoms with Crippen LogP contribution in [0, 0.1) is 5.82 Å². The zero-order chi connectivity index (χ0) is 16.7. The Morgan fingerprint density at radius 1 is 1.17 bits per heavy atom. The zero-order valence-electron chi connectivity index (χ0n) is 12.8. The highest BCUT2D eigenvalue weighted by Crippen LogP contribution is 2.35. The van der Waals surface area contributed by atoms with E-state index in [0.717, 1.165) is 35.8 Å². The number of anilines is 1. The van der Waals surface area contributed by atoms with Crippen LogP contribution in [0.4, 0.5) is 10.1 Å². The standard InChI is InChI=1S/C17H16FN3O2S/c18-13-6-1-2-7-16(13)24(22,23)21-12-8-9-14-15(10-12)20-17(19-14)11-4-3-5-11/h1-2,6-11,21H,3-5H2,(H,19,20). The summed E-state index contributed by atoms with van der Waals surface area (Å²) in [5, 5.41) is 0. The molecule has 0 saturated heterocycles. The third kappa shape index (κ3) is 2.65. The molecule has 124 valence electrons. The van der Waals surface area contributed by atoms with Gasteiger partial charge in [-0.25, -0.2) is 17.8 Å². The highest BCUT2D eigenvalue weighted by atomic mass is 32.2. The summed E-state index contributed by atoms with van der Waals surface area (Å²) in [4.78, 5) is 7.44. The first-order chi connectivity index (χ1) is 11.5. The van der Waals surface area contributed by atoms with Crippen LogP contribution < -0.4 is 4.72 Å². The maximum absolute atomic E-state index is 13.7. The molecule has 24 heavy (non-hydrogen) atoms. The van der Waals surface area contributed by atoms with Crippen LogP contribution in [0.2, 0.25) is 0 Å². The summed E-state index contributed by atoms with van der Waals surface area (Å²) >= 11 is 0. The lowest BCUT2D eigenvalue weighted by molar-refractivity contribution is 0.405.